The lowest BCUT2D eigenvalue weighted by molar-refractivity contribution is 0.174. The van der Waals surface area contributed by atoms with E-state index in [1.165, 1.54) is 26.2 Å². The lowest BCUT2D eigenvalue weighted by atomic mass is 10.1. The molecule has 0 spiro atoms. The van der Waals surface area contributed by atoms with Crippen LogP contribution in [0.3, 0.4) is 0 Å². The van der Waals surface area contributed by atoms with E-state index in [4.69, 9.17) is 21.6 Å². The summed E-state index contributed by atoms with van der Waals surface area (Å²) >= 11 is 0.248. The highest BCUT2D eigenvalue weighted by molar-refractivity contribution is 8.00. The van der Waals surface area contributed by atoms with Crippen LogP contribution in [0.4, 0.5) is 8.78 Å². The van der Waals surface area contributed by atoms with Gasteiger partial charge in [0, 0.05) is 0 Å². The Hall–Kier alpha value is -1.45. The van der Waals surface area contributed by atoms with Crippen molar-refractivity contribution in [1.82, 2.24) is 0 Å². The first-order chi connectivity index (χ1) is 8.97. The number of nitrogens with two attached hydrogens (primary N) is 1. The van der Waals surface area contributed by atoms with Gasteiger partial charge in [-0.05, 0) is 48.3 Å². The zero-order chi connectivity index (χ0) is 14.5. The Morgan fingerprint density at radius 2 is 1.95 bits per heavy atom. The van der Waals surface area contributed by atoms with Crippen molar-refractivity contribution in [3.63, 3.8) is 0 Å². The lowest BCUT2D eigenvalue weighted by Gasteiger charge is -2.16. The molecule has 0 amide bonds. The molecule has 3 nitrogen and oxygen atoms in total. The summed E-state index contributed by atoms with van der Waals surface area (Å²) in [5.41, 5.74) is 6.29. The van der Waals surface area contributed by atoms with Crippen molar-refractivity contribution in [3.8, 4) is 23.8 Å². The zero-order valence-corrected chi connectivity index (χ0v) is 11.5. The van der Waals surface area contributed by atoms with Gasteiger partial charge in [0.05, 0.1) is 19.1 Å². The molecule has 19 heavy (non-hydrogen) atoms. The minimum Gasteiger partial charge on any atom is -0.496 e. The molecule has 0 atom stereocenters. The van der Waals surface area contributed by atoms with Crippen LogP contribution < -0.4 is 15.2 Å². The van der Waals surface area contributed by atoms with Crippen molar-refractivity contribution >= 4 is 11.8 Å². The fourth-order valence-corrected chi connectivity index (χ4v) is 2.28. The second kappa shape index (κ2) is 6.64. The summed E-state index contributed by atoms with van der Waals surface area (Å²) in [6.07, 6.45) is 5.35. The Bertz CT molecular complexity index is 486. The number of ether oxygens (including phenoxy) is 2. The van der Waals surface area contributed by atoms with Gasteiger partial charge in [0.15, 0.2) is 0 Å². The maximum atomic E-state index is 13.2. The highest BCUT2D eigenvalue weighted by atomic mass is 32.2. The molecule has 0 aliphatic rings. The van der Waals surface area contributed by atoms with Gasteiger partial charge in [-0.25, -0.2) is 0 Å². The van der Waals surface area contributed by atoms with Crippen LogP contribution in [0.5, 0.6) is 11.5 Å². The van der Waals surface area contributed by atoms with E-state index < -0.39 is 5.25 Å². The van der Waals surface area contributed by atoms with Crippen LogP contribution in [-0.2, 0) is 6.42 Å². The number of methoxy groups -OCH3 is 2. The predicted molar refractivity (Wildman–Crippen MR) is 71.9 cm³/mol. The van der Waals surface area contributed by atoms with E-state index in [0.717, 1.165) is 5.56 Å². The molecule has 0 unspecified atom stereocenters. The number of halogens is 2. The molecular formula is C13H15F2NO2S. The van der Waals surface area contributed by atoms with Gasteiger partial charge in [0.25, 0.3) is 0 Å². The molecule has 0 aliphatic heterocycles. The Labute approximate surface area is 115 Å². The zero-order valence-electron chi connectivity index (χ0n) is 10.7. The van der Waals surface area contributed by atoms with Crippen molar-refractivity contribution in [1.29, 1.82) is 0 Å². The molecule has 0 saturated heterocycles. The van der Waals surface area contributed by atoms with Crippen LogP contribution in [0.2, 0.25) is 0 Å². The van der Waals surface area contributed by atoms with Crippen LogP contribution in [0, 0.1) is 12.3 Å². The maximum absolute atomic E-state index is 13.2. The molecule has 6 heteroatoms. The summed E-state index contributed by atoms with van der Waals surface area (Å²) < 4.78 is 36.8. The van der Waals surface area contributed by atoms with Crippen LogP contribution in [0.25, 0.3) is 0 Å². The number of thioether (sulfide) groups is 1. The second-order valence-corrected chi connectivity index (χ2v) is 4.77. The van der Waals surface area contributed by atoms with Gasteiger partial charge in [-0.3, -0.25) is 0 Å². The second-order valence-electron chi connectivity index (χ2n) is 3.62. The third kappa shape index (κ3) is 4.01. The standard InChI is InChI=1S/C13H15F2NO2S/c1-4-13(14,15)19-12-8-10(17-2)9(5-6-16)7-11(12)18-3/h1,7-8H,5-6,16H2,2-3H3. The smallest absolute Gasteiger partial charge is 0.360 e. The summed E-state index contributed by atoms with van der Waals surface area (Å²) in [7, 11) is 2.88. The van der Waals surface area contributed by atoms with Crippen LogP contribution in [0.15, 0.2) is 17.0 Å². The molecule has 0 heterocycles. The monoisotopic (exact) mass is 287 g/mol. The van der Waals surface area contributed by atoms with Gasteiger partial charge in [-0.2, -0.15) is 8.78 Å². The first kappa shape index (κ1) is 15.6. The third-order valence-corrected chi connectivity index (χ3v) is 3.30. The van der Waals surface area contributed by atoms with E-state index in [1.54, 1.807) is 6.07 Å². The molecule has 0 saturated carbocycles. The van der Waals surface area contributed by atoms with Gasteiger partial charge >= 0.3 is 5.25 Å². The largest absolute Gasteiger partial charge is 0.496 e. The molecule has 0 radical (unpaired) electrons. The number of terminal acetylenes is 1. The van der Waals surface area contributed by atoms with Crippen molar-refractivity contribution < 1.29 is 18.3 Å². The number of hydrogen-bond acceptors (Lipinski definition) is 4. The average Bonchev–Trinajstić information content (AvgIpc) is 2.39. The Balaban J connectivity index is 3.21. The first-order valence-electron chi connectivity index (χ1n) is 5.47. The van der Waals surface area contributed by atoms with E-state index in [-0.39, 0.29) is 16.7 Å². The predicted octanol–water partition coefficient (Wildman–Crippen LogP) is 2.52. The van der Waals surface area contributed by atoms with Crippen molar-refractivity contribution in [2.75, 3.05) is 20.8 Å². The van der Waals surface area contributed by atoms with E-state index in [0.29, 0.717) is 24.5 Å². The molecule has 104 valence electrons. The van der Waals surface area contributed by atoms with Crippen LogP contribution in [0.1, 0.15) is 5.56 Å². The normalized spacial score (nSPS) is 10.9. The summed E-state index contributed by atoms with van der Waals surface area (Å²) in [4.78, 5) is 0.225. The number of hydrogen-bond donors (Lipinski definition) is 1. The average molecular weight is 287 g/mol. The minimum absolute atomic E-state index is 0.225. The molecule has 0 bridgehead atoms. The summed E-state index contributed by atoms with van der Waals surface area (Å²) in [6, 6.07) is 3.13. The molecule has 0 fully saturated rings. The number of rotatable bonds is 6. The van der Waals surface area contributed by atoms with Gasteiger partial charge in [-0.15, -0.1) is 6.42 Å². The van der Waals surface area contributed by atoms with Crippen LogP contribution in [-0.4, -0.2) is 26.0 Å². The Morgan fingerprint density at radius 1 is 1.32 bits per heavy atom. The van der Waals surface area contributed by atoms with Gasteiger partial charge in [0.1, 0.15) is 11.5 Å². The van der Waals surface area contributed by atoms with Crippen molar-refractivity contribution in [2.24, 2.45) is 5.73 Å². The number of alkyl halides is 2. The van der Waals surface area contributed by atoms with Crippen LogP contribution >= 0.6 is 11.8 Å². The molecule has 0 aliphatic carbocycles. The lowest BCUT2D eigenvalue weighted by Crippen LogP contribution is -2.08. The molecule has 2 N–H and O–H groups in total. The van der Waals surface area contributed by atoms with Crippen molar-refractivity contribution in [2.45, 2.75) is 16.6 Å². The molecule has 0 aromatic heterocycles. The first-order valence-corrected chi connectivity index (χ1v) is 6.28. The van der Waals surface area contributed by atoms with Crippen molar-refractivity contribution in [3.05, 3.63) is 17.7 Å². The van der Waals surface area contributed by atoms with Gasteiger partial charge in [-0.1, -0.05) is 0 Å². The minimum atomic E-state index is -3.30. The number of benzene rings is 1. The van der Waals surface area contributed by atoms with E-state index >= 15 is 0 Å². The molecule has 1 aromatic rings. The van der Waals surface area contributed by atoms with Gasteiger partial charge < -0.3 is 15.2 Å². The van der Waals surface area contributed by atoms with E-state index in [1.807, 2.05) is 0 Å². The van der Waals surface area contributed by atoms with Gasteiger partial charge in [0.2, 0.25) is 0 Å². The van der Waals surface area contributed by atoms with E-state index in [9.17, 15) is 8.78 Å². The maximum Gasteiger partial charge on any atom is 0.360 e. The highest BCUT2D eigenvalue weighted by Gasteiger charge is 2.29. The molecular weight excluding hydrogens is 272 g/mol. The fourth-order valence-electron chi connectivity index (χ4n) is 1.53. The Kier molecular flexibility index (Phi) is 5.45. The summed E-state index contributed by atoms with van der Waals surface area (Å²) in [6.45, 7) is 0.423. The fraction of sp³-hybridized carbons (Fsp3) is 0.385. The summed E-state index contributed by atoms with van der Waals surface area (Å²) in [5, 5.41) is -3.30. The third-order valence-electron chi connectivity index (χ3n) is 2.39. The molecule has 1 aromatic carbocycles. The highest BCUT2D eigenvalue weighted by Crippen LogP contribution is 2.43. The van der Waals surface area contributed by atoms with E-state index in [2.05, 4.69) is 0 Å². The SMILES string of the molecule is C#CC(F)(F)Sc1cc(OC)c(CCN)cc1OC. The summed E-state index contributed by atoms with van der Waals surface area (Å²) in [5.74, 6) is 2.24. The quantitative estimate of drug-likeness (QED) is 0.645. The molecule has 1 rings (SSSR count). The topological polar surface area (TPSA) is 44.5 Å². The Morgan fingerprint density at radius 3 is 2.42 bits per heavy atom.